The van der Waals surface area contributed by atoms with Crippen molar-refractivity contribution in [3.63, 3.8) is 0 Å². The number of esters is 1. The highest BCUT2D eigenvalue weighted by Gasteiger charge is 2.39. The zero-order valence-electron chi connectivity index (χ0n) is 15.3. The molecule has 0 radical (unpaired) electrons. The maximum atomic E-state index is 13.2. The number of nitrogens with one attached hydrogen (secondary N) is 1. The SMILES string of the molecule is CCOC(=O)C[C@@H](NC(=O)C(C)(c1ccccc1)c1ccccc1)C(=O)O. The Balaban J connectivity index is 2.37. The molecule has 0 spiro atoms. The van der Waals surface area contributed by atoms with E-state index in [1.54, 1.807) is 13.8 Å². The van der Waals surface area contributed by atoms with Crippen LogP contribution in [0.1, 0.15) is 31.4 Å². The molecule has 2 rings (SSSR count). The highest BCUT2D eigenvalue weighted by atomic mass is 16.5. The molecule has 0 aliphatic carbocycles. The Hall–Kier alpha value is -3.15. The van der Waals surface area contributed by atoms with Crippen molar-refractivity contribution >= 4 is 17.8 Å². The summed E-state index contributed by atoms with van der Waals surface area (Å²) in [5, 5.41) is 11.9. The lowest BCUT2D eigenvalue weighted by molar-refractivity contribution is -0.150. The molecule has 2 N–H and O–H groups in total. The molecule has 0 aliphatic heterocycles. The monoisotopic (exact) mass is 369 g/mol. The maximum absolute atomic E-state index is 13.2. The number of carbonyl (C=O) groups excluding carboxylic acids is 2. The van der Waals surface area contributed by atoms with Crippen LogP contribution < -0.4 is 5.32 Å². The first kappa shape index (κ1) is 20.2. The Bertz CT molecular complexity index is 749. The average Bonchev–Trinajstić information content (AvgIpc) is 2.68. The van der Waals surface area contributed by atoms with E-state index >= 15 is 0 Å². The van der Waals surface area contributed by atoms with E-state index in [2.05, 4.69) is 5.32 Å². The predicted molar refractivity (Wildman–Crippen MR) is 100 cm³/mol. The molecule has 0 heterocycles. The lowest BCUT2D eigenvalue weighted by Gasteiger charge is -2.31. The van der Waals surface area contributed by atoms with Gasteiger partial charge in [0.25, 0.3) is 0 Å². The quantitative estimate of drug-likeness (QED) is 0.698. The summed E-state index contributed by atoms with van der Waals surface area (Å²) in [5.41, 5.74) is 0.313. The second-order valence-electron chi connectivity index (χ2n) is 6.23. The van der Waals surface area contributed by atoms with Crippen molar-refractivity contribution in [2.75, 3.05) is 6.61 Å². The van der Waals surface area contributed by atoms with Crippen molar-refractivity contribution in [1.82, 2.24) is 5.32 Å². The van der Waals surface area contributed by atoms with Gasteiger partial charge >= 0.3 is 11.9 Å². The summed E-state index contributed by atoms with van der Waals surface area (Å²) in [5.74, 6) is -2.47. The van der Waals surface area contributed by atoms with E-state index in [0.29, 0.717) is 11.1 Å². The number of benzene rings is 2. The number of hydrogen-bond donors (Lipinski definition) is 2. The summed E-state index contributed by atoms with van der Waals surface area (Å²) in [7, 11) is 0. The largest absolute Gasteiger partial charge is 0.480 e. The number of carbonyl (C=O) groups is 3. The van der Waals surface area contributed by atoms with Gasteiger partial charge in [-0.15, -0.1) is 0 Å². The van der Waals surface area contributed by atoms with Gasteiger partial charge in [-0.05, 0) is 25.0 Å². The Labute approximate surface area is 158 Å². The summed E-state index contributed by atoms with van der Waals surface area (Å²) in [6.45, 7) is 3.51. The minimum atomic E-state index is -1.37. The first-order chi connectivity index (χ1) is 12.9. The minimum absolute atomic E-state index is 0.144. The Morgan fingerprint density at radius 2 is 1.48 bits per heavy atom. The van der Waals surface area contributed by atoms with Crippen LogP contribution in [0.15, 0.2) is 60.7 Å². The molecule has 6 heteroatoms. The van der Waals surface area contributed by atoms with Crippen LogP contribution in [0, 0.1) is 0 Å². The molecule has 6 nitrogen and oxygen atoms in total. The summed E-state index contributed by atoms with van der Waals surface area (Å²) in [6, 6.07) is 16.8. The number of amides is 1. The van der Waals surface area contributed by atoms with Gasteiger partial charge in [0.2, 0.25) is 5.91 Å². The van der Waals surface area contributed by atoms with Crippen molar-refractivity contribution < 1.29 is 24.2 Å². The lowest BCUT2D eigenvalue weighted by atomic mass is 9.75. The molecule has 0 aromatic heterocycles. The predicted octanol–water partition coefficient (Wildman–Crippen LogP) is 2.52. The van der Waals surface area contributed by atoms with Crippen molar-refractivity contribution in [3.8, 4) is 0 Å². The second-order valence-corrected chi connectivity index (χ2v) is 6.23. The van der Waals surface area contributed by atoms with E-state index in [0.717, 1.165) is 0 Å². The van der Waals surface area contributed by atoms with Crippen LogP contribution >= 0.6 is 0 Å². The van der Waals surface area contributed by atoms with Crippen molar-refractivity contribution in [1.29, 1.82) is 0 Å². The molecular formula is C21H23NO5. The van der Waals surface area contributed by atoms with E-state index in [4.69, 9.17) is 4.74 Å². The topological polar surface area (TPSA) is 92.7 Å². The Kier molecular flexibility index (Phi) is 6.71. The van der Waals surface area contributed by atoms with Crippen LogP contribution in [-0.2, 0) is 24.5 Å². The number of aliphatic carboxylic acids is 1. The normalized spacial score (nSPS) is 12.1. The zero-order chi connectivity index (χ0) is 19.9. The van der Waals surface area contributed by atoms with Crippen LogP contribution in [-0.4, -0.2) is 35.6 Å². The molecule has 0 fully saturated rings. The molecule has 0 saturated carbocycles. The van der Waals surface area contributed by atoms with E-state index < -0.39 is 35.7 Å². The number of ether oxygens (including phenoxy) is 1. The smallest absolute Gasteiger partial charge is 0.326 e. The average molecular weight is 369 g/mol. The van der Waals surface area contributed by atoms with Gasteiger partial charge in [0.15, 0.2) is 0 Å². The molecule has 142 valence electrons. The van der Waals surface area contributed by atoms with Gasteiger partial charge in [0, 0.05) is 0 Å². The molecule has 0 saturated heterocycles. The third kappa shape index (κ3) is 4.73. The highest BCUT2D eigenvalue weighted by Crippen LogP contribution is 2.32. The second kappa shape index (κ2) is 8.98. The highest BCUT2D eigenvalue weighted by molar-refractivity contribution is 5.95. The summed E-state index contributed by atoms with van der Waals surface area (Å²) in [4.78, 5) is 36.4. The molecule has 27 heavy (non-hydrogen) atoms. The van der Waals surface area contributed by atoms with Gasteiger partial charge in [-0.25, -0.2) is 4.79 Å². The van der Waals surface area contributed by atoms with Crippen LogP contribution in [0.2, 0.25) is 0 Å². The number of carboxylic acids is 1. The fourth-order valence-electron chi connectivity index (χ4n) is 2.86. The van der Waals surface area contributed by atoms with E-state index in [1.807, 2.05) is 60.7 Å². The lowest BCUT2D eigenvalue weighted by Crippen LogP contribution is -2.50. The fraction of sp³-hybridized carbons (Fsp3) is 0.286. The third-order valence-corrected chi connectivity index (χ3v) is 4.44. The third-order valence-electron chi connectivity index (χ3n) is 4.44. The summed E-state index contributed by atoms with van der Waals surface area (Å²) >= 11 is 0. The van der Waals surface area contributed by atoms with E-state index in [-0.39, 0.29) is 6.61 Å². The zero-order valence-corrected chi connectivity index (χ0v) is 15.3. The van der Waals surface area contributed by atoms with Gasteiger partial charge in [0.1, 0.15) is 6.04 Å². The maximum Gasteiger partial charge on any atom is 0.326 e. The van der Waals surface area contributed by atoms with Gasteiger partial charge in [-0.2, -0.15) is 0 Å². The Morgan fingerprint density at radius 3 is 1.89 bits per heavy atom. The number of carboxylic acid groups (broad SMARTS) is 1. The standard InChI is InChI=1S/C21H23NO5/c1-3-27-18(23)14-17(19(24)25)22-20(26)21(2,15-10-6-4-7-11-15)16-12-8-5-9-13-16/h4-13,17H,3,14H2,1-2H3,(H,22,26)(H,24,25)/t17-/m1/s1. The molecule has 1 atom stereocenters. The first-order valence-electron chi connectivity index (χ1n) is 8.70. The summed E-state index contributed by atoms with van der Waals surface area (Å²) < 4.78 is 4.81. The summed E-state index contributed by atoms with van der Waals surface area (Å²) in [6.07, 6.45) is -0.436. The molecule has 2 aromatic carbocycles. The fourth-order valence-corrected chi connectivity index (χ4v) is 2.86. The van der Waals surface area contributed by atoms with Gasteiger partial charge in [0.05, 0.1) is 18.4 Å². The molecular weight excluding hydrogens is 346 g/mol. The number of hydrogen-bond acceptors (Lipinski definition) is 4. The molecule has 1 amide bonds. The van der Waals surface area contributed by atoms with Gasteiger partial charge in [-0.1, -0.05) is 60.7 Å². The first-order valence-corrected chi connectivity index (χ1v) is 8.70. The van der Waals surface area contributed by atoms with E-state index in [1.165, 1.54) is 0 Å². The van der Waals surface area contributed by atoms with Crippen molar-refractivity contribution in [2.45, 2.75) is 31.7 Å². The molecule has 0 aliphatic rings. The van der Waals surface area contributed by atoms with Crippen molar-refractivity contribution in [2.24, 2.45) is 0 Å². The number of rotatable bonds is 8. The van der Waals surface area contributed by atoms with Crippen molar-refractivity contribution in [3.05, 3.63) is 71.8 Å². The van der Waals surface area contributed by atoms with Crippen LogP contribution in [0.3, 0.4) is 0 Å². The van der Waals surface area contributed by atoms with Crippen LogP contribution in [0.4, 0.5) is 0 Å². The van der Waals surface area contributed by atoms with Crippen LogP contribution in [0.5, 0.6) is 0 Å². The molecule has 2 aromatic rings. The minimum Gasteiger partial charge on any atom is -0.480 e. The molecule has 0 bridgehead atoms. The van der Waals surface area contributed by atoms with Gasteiger partial charge in [-0.3, -0.25) is 9.59 Å². The molecule has 0 unspecified atom stereocenters. The van der Waals surface area contributed by atoms with E-state index in [9.17, 15) is 19.5 Å². The van der Waals surface area contributed by atoms with Crippen LogP contribution in [0.25, 0.3) is 0 Å². The van der Waals surface area contributed by atoms with Gasteiger partial charge < -0.3 is 15.2 Å². The Morgan fingerprint density at radius 1 is 1.00 bits per heavy atom.